The topological polar surface area (TPSA) is 115 Å². The average Bonchev–Trinajstić information content (AvgIpc) is 2.53. The zero-order chi connectivity index (χ0) is 17.3. The second-order valence-corrected chi connectivity index (χ2v) is 7.43. The Hall–Kier alpha value is -2.45. The zero-order valence-electron chi connectivity index (χ0n) is 12.8. The van der Waals surface area contributed by atoms with E-state index in [4.69, 9.17) is 5.14 Å². The molecule has 0 unspecified atom stereocenters. The number of fused-ring (bicyclic) bond motifs is 1. The smallest absolute Gasteiger partial charge is 0.272 e. The molecule has 0 radical (unpaired) electrons. The van der Waals surface area contributed by atoms with E-state index in [0.29, 0.717) is 5.69 Å². The Bertz CT molecular complexity index is 896. The van der Waals surface area contributed by atoms with Gasteiger partial charge in [-0.1, -0.05) is 24.3 Å². The molecule has 1 aliphatic rings. The number of nitrogens with one attached hydrogen (secondary N) is 1. The molecular formula is C16H17N3O4S. The number of hydrogen-bond acceptors (Lipinski definition) is 5. The van der Waals surface area contributed by atoms with E-state index < -0.39 is 14.9 Å². The summed E-state index contributed by atoms with van der Waals surface area (Å²) in [4.78, 5) is 10.1. The Morgan fingerprint density at radius 3 is 2.54 bits per heavy atom. The van der Waals surface area contributed by atoms with Gasteiger partial charge in [0.15, 0.2) is 0 Å². The van der Waals surface area contributed by atoms with E-state index in [1.54, 1.807) is 0 Å². The summed E-state index contributed by atoms with van der Waals surface area (Å²) in [7, 11) is -4.02. The highest BCUT2D eigenvalue weighted by atomic mass is 32.2. The van der Waals surface area contributed by atoms with Crippen molar-refractivity contribution in [1.82, 2.24) is 0 Å². The van der Waals surface area contributed by atoms with Gasteiger partial charge in [-0.2, -0.15) is 0 Å². The molecule has 0 fully saturated rings. The molecule has 2 aromatic rings. The minimum atomic E-state index is -4.02. The summed E-state index contributed by atoms with van der Waals surface area (Å²) in [6, 6.07) is 11.9. The molecule has 0 saturated carbocycles. The number of hydrogen-bond donors (Lipinski definition) is 2. The van der Waals surface area contributed by atoms with Crippen LogP contribution in [0.25, 0.3) is 0 Å². The monoisotopic (exact) mass is 347 g/mol. The fourth-order valence-electron chi connectivity index (χ4n) is 2.99. The molecule has 126 valence electrons. The highest BCUT2D eigenvalue weighted by molar-refractivity contribution is 7.89. The van der Waals surface area contributed by atoms with E-state index in [-0.39, 0.29) is 16.6 Å². The lowest BCUT2D eigenvalue weighted by atomic mass is 9.88. The maximum atomic E-state index is 11.5. The summed E-state index contributed by atoms with van der Waals surface area (Å²) in [5, 5.41) is 19.3. The number of nitrogens with zero attached hydrogens (tertiary/aromatic N) is 1. The van der Waals surface area contributed by atoms with Crippen LogP contribution in [0.4, 0.5) is 11.4 Å². The SMILES string of the molecule is NS(=O)(=O)c1cc(N[C@H]2CCc3ccccc3C2)cc([N+](=O)[O-])c1. The number of non-ortho nitro benzene ring substituents is 1. The first-order chi connectivity index (χ1) is 11.3. The van der Waals surface area contributed by atoms with E-state index in [2.05, 4.69) is 17.4 Å². The molecule has 0 aromatic heterocycles. The van der Waals surface area contributed by atoms with Gasteiger partial charge in [-0.25, -0.2) is 13.6 Å². The Labute approximate surface area is 139 Å². The van der Waals surface area contributed by atoms with Crippen molar-refractivity contribution in [2.45, 2.75) is 30.2 Å². The van der Waals surface area contributed by atoms with Gasteiger partial charge in [0.25, 0.3) is 5.69 Å². The van der Waals surface area contributed by atoms with Crippen molar-refractivity contribution in [2.75, 3.05) is 5.32 Å². The molecule has 2 aromatic carbocycles. The van der Waals surface area contributed by atoms with E-state index in [1.165, 1.54) is 23.3 Å². The second-order valence-electron chi connectivity index (χ2n) is 5.87. The predicted octanol–water partition coefficient (Wildman–Crippen LogP) is 2.21. The van der Waals surface area contributed by atoms with Gasteiger partial charge >= 0.3 is 0 Å². The van der Waals surface area contributed by atoms with Gasteiger partial charge < -0.3 is 5.32 Å². The van der Waals surface area contributed by atoms with Crippen molar-refractivity contribution < 1.29 is 13.3 Å². The summed E-state index contributed by atoms with van der Waals surface area (Å²) < 4.78 is 23.1. The van der Waals surface area contributed by atoms with Gasteiger partial charge in [0.1, 0.15) is 0 Å². The quantitative estimate of drug-likeness (QED) is 0.650. The normalized spacial score (nSPS) is 17.1. The molecular weight excluding hydrogens is 330 g/mol. The molecule has 7 nitrogen and oxygen atoms in total. The average molecular weight is 347 g/mol. The number of nitrogens with two attached hydrogens (primary N) is 1. The lowest BCUT2D eigenvalue weighted by Crippen LogP contribution is -2.27. The molecule has 0 amide bonds. The zero-order valence-corrected chi connectivity index (χ0v) is 13.6. The van der Waals surface area contributed by atoms with Crippen molar-refractivity contribution >= 4 is 21.4 Å². The largest absolute Gasteiger partial charge is 0.382 e. The van der Waals surface area contributed by atoms with E-state index in [9.17, 15) is 18.5 Å². The van der Waals surface area contributed by atoms with Crippen LogP contribution in [0.2, 0.25) is 0 Å². The molecule has 8 heteroatoms. The maximum Gasteiger partial charge on any atom is 0.272 e. The fourth-order valence-corrected chi connectivity index (χ4v) is 3.57. The van der Waals surface area contributed by atoms with Crippen LogP contribution < -0.4 is 10.5 Å². The lowest BCUT2D eigenvalue weighted by Gasteiger charge is -2.26. The van der Waals surface area contributed by atoms with Gasteiger partial charge in [0.05, 0.1) is 9.82 Å². The van der Waals surface area contributed by atoms with Gasteiger partial charge in [0.2, 0.25) is 10.0 Å². The third-order valence-electron chi connectivity index (χ3n) is 4.15. The summed E-state index contributed by atoms with van der Waals surface area (Å²) in [6.45, 7) is 0. The number of rotatable bonds is 4. The standard InChI is InChI=1S/C16H17N3O4S/c17-24(22,23)16-9-14(8-15(10-16)19(20)21)18-13-6-5-11-3-1-2-4-12(11)7-13/h1-4,8-10,13,18H,5-7H2,(H2,17,22,23)/t13-/m0/s1. The molecule has 0 heterocycles. The van der Waals surface area contributed by atoms with Crippen LogP contribution in [0.5, 0.6) is 0 Å². The third kappa shape index (κ3) is 3.55. The molecule has 3 rings (SSSR count). The molecule has 0 aliphatic heterocycles. The minimum Gasteiger partial charge on any atom is -0.382 e. The van der Waals surface area contributed by atoms with Crippen molar-refractivity contribution in [1.29, 1.82) is 0 Å². The van der Waals surface area contributed by atoms with Gasteiger partial charge in [0, 0.05) is 23.9 Å². The number of aryl methyl sites for hydroxylation is 1. The summed E-state index contributed by atoms with van der Waals surface area (Å²) >= 11 is 0. The first-order valence-corrected chi connectivity index (χ1v) is 9.03. The van der Waals surface area contributed by atoms with Crippen LogP contribution >= 0.6 is 0 Å². The van der Waals surface area contributed by atoms with Crippen LogP contribution in [0.15, 0.2) is 47.4 Å². The minimum absolute atomic E-state index is 0.0789. The summed E-state index contributed by atoms with van der Waals surface area (Å²) in [5.41, 5.74) is 2.62. The number of anilines is 1. The number of nitro benzene ring substituents is 1. The Balaban J connectivity index is 1.88. The van der Waals surface area contributed by atoms with E-state index >= 15 is 0 Å². The third-order valence-corrected chi connectivity index (χ3v) is 5.04. The molecule has 0 spiro atoms. The highest BCUT2D eigenvalue weighted by Gasteiger charge is 2.21. The number of benzene rings is 2. The number of primary sulfonamides is 1. The van der Waals surface area contributed by atoms with Crippen molar-refractivity contribution in [2.24, 2.45) is 5.14 Å². The van der Waals surface area contributed by atoms with E-state index in [1.807, 2.05) is 12.1 Å². The molecule has 1 aliphatic carbocycles. The Morgan fingerprint density at radius 1 is 1.17 bits per heavy atom. The lowest BCUT2D eigenvalue weighted by molar-refractivity contribution is -0.385. The van der Waals surface area contributed by atoms with Gasteiger partial charge in [-0.15, -0.1) is 0 Å². The summed E-state index contributed by atoms with van der Waals surface area (Å²) in [6.07, 6.45) is 2.55. The fraction of sp³-hybridized carbons (Fsp3) is 0.250. The van der Waals surface area contributed by atoms with Crippen LogP contribution in [0.3, 0.4) is 0 Å². The molecule has 0 bridgehead atoms. The van der Waals surface area contributed by atoms with Gasteiger partial charge in [-0.05, 0) is 36.5 Å². The second kappa shape index (κ2) is 6.21. The van der Waals surface area contributed by atoms with Crippen LogP contribution in [-0.4, -0.2) is 19.4 Å². The summed E-state index contributed by atoms with van der Waals surface area (Å²) in [5.74, 6) is 0. The first-order valence-electron chi connectivity index (χ1n) is 7.48. The predicted molar refractivity (Wildman–Crippen MR) is 90.3 cm³/mol. The van der Waals surface area contributed by atoms with Gasteiger partial charge in [-0.3, -0.25) is 10.1 Å². The molecule has 1 atom stereocenters. The number of sulfonamides is 1. The van der Waals surface area contributed by atoms with E-state index in [0.717, 1.165) is 25.3 Å². The van der Waals surface area contributed by atoms with Crippen LogP contribution in [0.1, 0.15) is 17.5 Å². The Kier molecular flexibility index (Phi) is 4.25. The van der Waals surface area contributed by atoms with Crippen LogP contribution in [0, 0.1) is 10.1 Å². The molecule has 3 N–H and O–H groups in total. The molecule has 24 heavy (non-hydrogen) atoms. The van der Waals surface area contributed by atoms with Crippen LogP contribution in [-0.2, 0) is 22.9 Å². The maximum absolute atomic E-state index is 11.5. The van der Waals surface area contributed by atoms with Crippen molar-refractivity contribution in [3.63, 3.8) is 0 Å². The van der Waals surface area contributed by atoms with Crippen molar-refractivity contribution in [3.05, 3.63) is 63.7 Å². The van der Waals surface area contributed by atoms with Crippen molar-refractivity contribution in [3.8, 4) is 0 Å². The first kappa shape index (κ1) is 16.4. The number of nitro groups is 1. The molecule has 0 saturated heterocycles. The highest BCUT2D eigenvalue weighted by Crippen LogP contribution is 2.27. The Morgan fingerprint density at radius 2 is 1.88 bits per heavy atom.